The highest BCUT2D eigenvalue weighted by molar-refractivity contribution is 7.80. The number of carboxylic acid groups (broad SMARTS) is 2. The predicted molar refractivity (Wildman–Crippen MR) is 67.8 cm³/mol. The lowest BCUT2D eigenvalue weighted by Gasteiger charge is -2.15. The second kappa shape index (κ2) is 8.76. The van der Waals surface area contributed by atoms with Crippen molar-refractivity contribution in [3.63, 3.8) is 0 Å². The molecule has 0 aliphatic rings. The molecule has 0 bridgehead atoms. The molecule has 2 atom stereocenters. The molecule has 18 heavy (non-hydrogen) atoms. The van der Waals surface area contributed by atoms with Gasteiger partial charge in [0.15, 0.2) is 0 Å². The minimum absolute atomic E-state index is 0.0291. The van der Waals surface area contributed by atoms with Crippen LogP contribution >= 0.6 is 12.6 Å². The molecule has 0 aromatic heterocycles. The summed E-state index contributed by atoms with van der Waals surface area (Å²) in [5, 5.41) is 22.4. The maximum absolute atomic E-state index is 11.4. The Labute approximate surface area is 110 Å². The van der Waals surface area contributed by atoms with E-state index in [0.717, 1.165) is 0 Å². The molecule has 4 N–H and O–H groups in total. The van der Waals surface area contributed by atoms with Crippen LogP contribution in [0.1, 0.15) is 19.8 Å². The first-order chi connectivity index (χ1) is 8.36. The molecule has 0 saturated carbocycles. The van der Waals surface area contributed by atoms with Gasteiger partial charge in [0, 0.05) is 18.2 Å². The van der Waals surface area contributed by atoms with Crippen LogP contribution in [0.3, 0.4) is 0 Å². The van der Waals surface area contributed by atoms with Crippen LogP contribution in [0.25, 0.3) is 0 Å². The topological polar surface area (TPSA) is 116 Å². The average molecular weight is 278 g/mol. The smallest absolute Gasteiger partial charge is 0.326 e. The maximum atomic E-state index is 11.4. The van der Waals surface area contributed by atoms with Crippen molar-refractivity contribution in [3.05, 3.63) is 0 Å². The second-order valence-electron chi connectivity index (χ2n) is 3.86. The van der Waals surface area contributed by atoms with E-state index in [2.05, 4.69) is 23.3 Å². The van der Waals surface area contributed by atoms with Gasteiger partial charge in [-0.25, -0.2) is 4.79 Å². The summed E-state index contributed by atoms with van der Waals surface area (Å²) in [6.07, 6.45) is -0.448. The Morgan fingerprint density at radius 1 is 1.28 bits per heavy atom. The Morgan fingerprint density at radius 2 is 1.89 bits per heavy atom. The second-order valence-corrected chi connectivity index (χ2v) is 4.22. The summed E-state index contributed by atoms with van der Waals surface area (Å²) in [5.41, 5.74) is 0. The molecule has 0 radical (unpaired) electrons. The fourth-order valence-corrected chi connectivity index (χ4v) is 1.23. The number of hydrogen-bond donors (Lipinski definition) is 5. The van der Waals surface area contributed by atoms with Crippen LogP contribution in [0.2, 0.25) is 0 Å². The lowest BCUT2D eigenvalue weighted by Crippen LogP contribution is -2.46. The number of carboxylic acids is 2. The van der Waals surface area contributed by atoms with Gasteiger partial charge in [0.1, 0.15) is 6.04 Å². The van der Waals surface area contributed by atoms with E-state index < -0.39 is 23.9 Å². The predicted octanol–water partition coefficient (Wildman–Crippen LogP) is -0.671. The van der Waals surface area contributed by atoms with Crippen LogP contribution in [-0.4, -0.2) is 52.4 Å². The fourth-order valence-electron chi connectivity index (χ4n) is 1.10. The minimum atomic E-state index is -1.24. The van der Waals surface area contributed by atoms with E-state index in [0.29, 0.717) is 5.75 Å². The number of nitrogens with one attached hydrogen (secondary N) is 2. The quantitative estimate of drug-likeness (QED) is 0.357. The van der Waals surface area contributed by atoms with Gasteiger partial charge in [0.25, 0.3) is 0 Å². The van der Waals surface area contributed by atoms with Gasteiger partial charge in [-0.05, 0) is 13.3 Å². The number of aliphatic carboxylic acids is 2. The van der Waals surface area contributed by atoms with Gasteiger partial charge in [0.05, 0.1) is 6.54 Å². The zero-order chi connectivity index (χ0) is 14.1. The van der Waals surface area contributed by atoms with Crippen molar-refractivity contribution in [2.24, 2.45) is 0 Å². The van der Waals surface area contributed by atoms with Gasteiger partial charge in [-0.2, -0.15) is 12.6 Å². The van der Waals surface area contributed by atoms with E-state index in [9.17, 15) is 14.4 Å². The number of carbonyl (C=O) groups excluding carboxylic acids is 1. The number of rotatable bonds is 9. The first-order valence-corrected chi connectivity index (χ1v) is 6.08. The van der Waals surface area contributed by atoms with Gasteiger partial charge >= 0.3 is 11.9 Å². The minimum Gasteiger partial charge on any atom is -0.481 e. The highest BCUT2D eigenvalue weighted by Crippen LogP contribution is 1.98. The van der Waals surface area contributed by atoms with Crippen LogP contribution in [0, 0.1) is 0 Å². The summed E-state index contributed by atoms with van der Waals surface area (Å²) < 4.78 is 0. The van der Waals surface area contributed by atoms with Crippen molar-refractivity contribution in [2.75, 3.05) is 12.3 Å². The monoisotopic (exact) mass is 278 g/mol. The SMILES string of the molecule is CC(CS)NCC(=O)NC(CCC(=O)O)C(=O)O. The first kappa shape index (κ1) is 16.7. The molecule has 2 unspecified atom stereocenters. The first-order valence-electron chi connectivity index (χ1n) is 5.45. The molecule has 1 amide bonds. The van der Waals surface area contributed by atoms with Crippen molar-refractivity contribution in [1.82, 2.24) is 10.6 Å². The zero-order valence-corrected chi connectivity index (χ0v) is 10.9. The van der Waals surface area contributed by atoms with Crippen molar-refractivity contribution in [3.8, 4) is 0 Å². The number of thiol groups is 1. The summed E-state index contributed by atoms with van der Waals surface area (Å²) in [6, 6.07) is -1.15. The third-order valence-electron chi connectivity index (χ3n) is 2.17. The van der Waals surface area contributed by atoms with Crippen molar-refractivity contribution in [1.29, 1.82) is 0 Å². The van der Waals surface area contributed by atoms with E-state index in [1.807, 2.05) is 6.92 Å². The van der Waals surface area contributed by atoms with E-state index in [1.54, 1.807) is 0 Å². The van der Waals surface area contributed by atoms with Crippen molar-refractivity contribution in [2.45, 2.75) is 31.8 Å². The van der Waals surface area contributed by atoms with E-state index >= 15 is 0 Å². The molecule has 8 heteroatoms. The Morgan fingerprint density at radius 3 is 2.33 bits per heavy atom. The molecule has 0 saturated heterocycles. The number of carbonyl (C=O) groups is 3. The highest BCUT2D eigenvalue weighted by atomic mass is 32.1. The van der Waals surface area contributed by atoms with Gasteiger partial charge in [0.2, 0.25) is 5.91 Å². The van der Waals surface area contributed by atoms with E-state index in [1.165, 1.54) is 0 Å². The molecular formula is C10H18N2O5S. The molecule has 0 aromatic rings. The van der Waals surface area contributed by atoms with Crippen LogP contribution in [0.4, 0.5) is 0 Å². The van der Waals surface area contributed by atoms with Crippen LogP contribution in [0.15, 0.2) is 0 Å². The summed E-state index contributed by atoms with van der Waals surface area (Å²) in [6.45, 7) is 1.80. The Bertz CT molecular complexity index is 311. The van der Waals surface area contributed by atoms with Gasteiger partial charge in [-0.3, -0.25) is 9.59 Å². The van der Waals surface area contributed by atoms with Crippen LogP contribution in [-0.2, 0) is 14.4 Å². The third-order valence-corrected chi connectivity index (χ3v) is 2.71. The lowest BCUT2D eigenvalue weighted by molar-refractivity contribution is -0.142. The Hall–Kier alpha value is -1.28. The Balaban J connectivity index is 4.11. The van der Waals surface area contributed by atoms with Gasteiger partial charge in [-0.1, -0.05) is 0 Å². The summed E-state index contributed by atoms with van der Waals surface area (Å²) in [5.74, 6) is -2.28. The molecule has 0 spiro atoms. The largest absolute Gasteiger partial charge is 0.481 e. The summed E-state index contributed by atoms with van der Waals surface area (Å²) in [4.78, 5) is 32.6. The van der Waals surface area contributed by atoms with E-state index in [4.69, 9.17) is 10.2 Å². The highest BCUT2D eigenvalue weighted by Gasteiger charge is 2.20. The summed E-state index contributed by atoms with van der Waals surface area (Å²) >= 11 is 4.02. The molecule has 0 rings (SSSR count). The molecule has 0 fully saturated rings. The zero-order valence-electron chi connectivity index (χ0n) is 10.0. The molecule has 0 heterocycles. The third kappa shape index (κ3) is 7.91. The van der Waals surface area contributed by atoms with Crippen molar-refractivity contribution >= 4 is 30.5 Å². The number of hydrogen-bond acceptors (Lipinski definition) is 5. The number of amides is 1. The van der Waals surface area contributed by atoms with Gasteiger partial charge < -0.3 is 20.8 Å². The van der Waals surface area contributed by atoms with Crippen molar-refractivity contribution < 1.29 is 24.6 Å². The molecule has 7 nitrogen and oxygen atoms in total. The summed E-state index contributed by atoms with van der Waals surface area (Å²) in [7, 11) is 0. The van der Waals surface area contributed by atoms with Gasteiger partial charge in [-0.15, -0.1) is 0 Å². The Kier molecular flexibility index (Phi) is 8.14. The standard InChI is InChI=1S/C10H18N2O5S/c1-6(5-18)11-4-8(13)12-7(10(16)17)2-3-9(14)15/h6-7,11,18H,2-5H2,1H3,(H,12,13)(H,14,15)(H,16,17). The molecule has 0 aromatic carbocycles. The lowest BCUT2D eigenvalue weighted by atomic mass is 10.1. The van der Waals surface area contributed by atoms with E-state index in [-0.39, 0.29) is 25.4 Å². The molecule has 104 valence electrons. The normalized spacial score (nSPS) is 13.7. The molecular weight excluding hydrogens is 260 g/mol. The molecule has 0 aliphatic heterocycles. The van der Waals surface area contributed by atoms with Crippen LogP contribution in [0.5, 0.6) is 0 Å². The fraction of sp³-hybridized carbons (Fsp3) is 0.700. The maximum Gasteiger partial charge on any atom is 0.326 e. The molecule has 0 aliphatic carbocycles. The average Bonchev–Trinajstić information content (AvgIpc) is 2.30. The van der Waals surface area contributed by atoms with Crippen LogP contribution < -0.4 is 10.6 Å².